The molecule has 0 spiro atoms. The van der Waals surface area contributed by atoms with Gasteiger partial charge in [0.1, 0.15) is 11.6 Å². The zero-order chi connectivity index (χ0) is 15.0. The highest BCUT2D eigenvalue weighted by Gasteiger charge is 2.40. The van der Waals surface area contributed by atoms with E-state index in [9.17, 15) is 9.59 Å². The van der Waals surface area contributed by atoms with E-state index in [1.54, 1.807) is 0 Å². The Morgan fingerprint density at radius 2 is 2.19 bits per heavy atom. The molecule has 0 radical (unpaired) electrons. The Bertz CT molecular complexity index is 669. The quantitative estimate of drug-likeness (QED) is 0.847. The van der Waals surface area contributed by atoms with Crippen molar-refractivity contribution in [2.75, 3.05) is 0 Å². The minimum Gasteiger partial charge on any atom is -0.458 e. The monoisotopic (exact) mass is 286 g/mol. The summed E-state index contributed by atoms with van der Waals surface area (Å²) in [4.78, 5) is 26.9. The largest absolute Gasteiger partial charge is 0.458 e. The summed E-state index contributed by atoms with van der Waals surface area (Å²) in [6.45, 7) is 3.68. The molecule has 110 valence electrons. The lowest BCUT2D eigenvalue weighted by molar-refractivity contribution is -0.148. The van der Waals surface area contributed by atoms with Gasteiger partial charge in [0.25, 0.3) is 0 Å². The third-order valence-electron chi connectivity index (χ3n) is 3.63. The van der Waals surface area contributed by atoms with Gasteiger partial charge in [0, 0.05) is 17.6 Å². The van der Waals surface area contributed by atoms with Crippen molar-refractivity contribution in [2.45, 2.75) is 38.3 Å². The van der Waals surface area contributed by atoms with Crippen molar-refractivity contribution in [3.63, 3.8) is 0 Å². The van der Waals surface area contributed by atoms with Crippen molar-refractivity contribution in [3.05, 3.63) is 36.0 Å². The van der Waals surface area contributed by atoms with Crippen LogP contribution in [0.25, 0.3) is 10.9 Å². The van der Waals surface area contributed by atoms with Gasteiger partial charge in [0.05, 0.1) is 6.42 Å². The third kappa shape index (κ3) is 2.91. The molecule has 21 heavy (non-hydrogen) atoms. The molecule has 0 aliphatic carbocycles. The number of fused-ring (bicyclic) bond motifs is 1. The van der Waals surface area contributed by atoms with Gasteiger partial charge in [-0.2, -0.15) is 0 Å². The van der Waals surface area contributed by atoms with Crippen molar-refractivity contribution >= 4 is 22.8 Å². The number of benzene rings is 1. The summed E-state index contributed by atoms with van der Waals surface area (Å²) in [7, 11) is 0. The van der Waals surface area contributed by atoms with E-state index in [0.29, 0.717) is 6.42 Å². The van der Waals surface area contributed by atoms with Crippen LogP contribution in [0.4, 0.5) is 0 Å². The number of ether oxygens (including phenoxy) is 1. The molecule has 1 aliphatic rings. The number of esters is 1. The zero-order valence-electron chi connectivity index (χ0n) is 12.1. The van der Waals surface area contributed by atoms with Crippen LogP contribution in [-0.4, -0.2) is 28.5 Å². The Balaban J connectivity index is 1.65. The second-order valence-electron chi connectivity index (χ2n) is 6.06. The van der Waals surface area contributed by atoms with Crippen LogP contribution in [0.2, 0.25) is 0 Å². The van der Waals surface area contributed by atoms with Gasteiger partial charge in [0.15, 0.2) is 0 Å². The molecule has 1 aromatic heterocycles. The van der Waals surface area contributed by atoms with Crippen LogP contribution < -0.4 is 5.32 Å². The number of para-hydroxylation sites is 1. The molecule has 5 heteroatoms. The predicted molar refractivity (Wildman–Crippen MR) is 78.7 cm³/mol. The van der Waals surface area contributed by atoms with Gasteiger partial charge in [-0.15, -0.1) is 0 Å². The Labute approximate surface area is 122 Å². The maximum Gasteiger partial charge on any atom is 0.329 e. The van der Waals surface area contributed by atoms with Crippen LogP contribution in [-0.2, 0) is 20.7 Å². The van der Waals surface area contributed by atoms with Crippen LogP contribution >= 0.6 is 0 Å². The number of aromatic nitrogens is 1. The normalized spacial score (nSPS) is 20.5. The SMILES string of the molecule is CC1(C)CC(NC(=O)Cc2cc3ccccc3[nH]2)C(=O)O1. The van der Waals surface area contributed by atoms with Gasteiger partial charge in [-0.3, -0.25) is 4.79 Å². The molecule has 1 amide bonds. The van der Waals surface area contributed by atoms with E-state index in [0.717, 1.165) is 16.6 Å². The van der Waals surface area contributed by atoms with E-state index >= 15 is 0 Å². The molecule has 3 rings (SSSR count). The zero-order valence-corrected chi connectivity index (χ0v) is 12.1. The molecule has 0 saturated carbocycles. The molecule has 2 heterocycles. The van der Waals surface area contributed by atoms with Crippen LogP contribution in [0.3, 0.4) is 0 Å². The highest BCUT2D eigenvalue weighted by atomic mass is 16.6. The van der Waals surface area contributed by atoms with Gasteiger partial charge in [-0.25, -0.2) is 4.79 Å². The maximum atomic E-state index is 12.1. The lowest BCUT2D eigenvalue weighted by atomic mass is 10.0. The molecule has 1 saturated heterocycles. The molecular weight excluding hydrogens is 268 g/mol. The summed E-state index contributed by atoms with van der Waals surface area (Å²) in [6.07, 6.45) is 0.725. The standard InChI is InChI=1S/C16H18N2O3/c1-16(2)9-13(15(20)21-16)18-14(19)8-11-7-10-5-3-4-6-12(10)17-11/h3-7,13,17H,8-9H2,1-2H3,(H,18,19). The molecule has 1 aliphatic heterocycles. The van der Waals surface area contributed by atoms with E-state index < -0.39 is 11.6 Å². The van der Waals surface area contributed by atoms with Crippen molar-refractivity contribution in [2.24, 2.45) is 0 Å². The molecule has 2 N–H and O–H groups in total. The Kier molecular flexibility index (Phi) is 3.20. The summed E-state index contributed by atoms with van der Waals surface area (Å²) in [6, 6.07) is 9.26. The predicted octanol–water partition coefficient (Wildman–Crippen LogP) is 1.92. The fraction of sp³-hybridized carbons (Fsp3) is 0.375. The first-order valence-corrected chi connectivity index (χ1v) is 7.02. The van der Waals surface area contributed by atoms with Gasteiger partial charge < -0.3 is 15.0 Å². The first-order valence-electron chi connectivity index (χ1n) is 7.02. The van der Waals surface area contributed by atoms with Gasteiger partial charge in [-0.05, 0) is 31.4 Å². The van der Waals surface area contributed by atoms with E-state index in [4.69, 9.17) is 4.74 Å². The smallest absolute Gasteiger partial charge is 0.329 e. The van der Waals surface area contributed by atoms with E-state index in [1.807, 2.05) is 44.2 Å². The number of hydrogen-bond donors (Lipinski definition) is 2. The second kappa shape index (κ2) is 4.91. The first-order chi connectivity index (χ1) is 9.93. The van der Waals surface area contributed by atoms with Gasteiger partial charge >= 0.3 is 5.97 Å². The lowest BCUT2D eigenvalue weighted by Crippen LogP contribution is -2.39. The number of amides is 1. The Hall–Kier alpha value is -2.30. The van der Waals surface area contributed by atoms with E-state index in [1.165, 1.54) is 0 Å². The molecular formula is C16H18N2O3. The Morgan fingerprint density at radius 3 is 2.86 bits per heavy atom. The fourth-order valence-corrected chi connectivity index (χ4v) is 2.72. The third-order valence-corrected chi connectivity index (χ3v) is 3.63. The molecule has 2 aromatic rings. The van der Waals surface area contributed by atoms with Gasteiger partial charge in [0.2, 0.25) is 5.91 Å². The summed E-state index contributed by atoms with van der Waals surface area (Å²) in [5.41, 5.74) is 1.33. The minimum atomic E-state index is -0.545. The molecule has 1 unspecified atom stereocenters. The number of H-pyrrole nitrogens is 1. The summed E-state index contributed by atoms with van der Waals surface area (Å²) < 4.78 is 5.20. The molecule has 1 fully saturated rings. The average Bonchev–Trinajstić information content (AvgIpc) is 2.89. The maximum absolute atomic E-state index is 12.1. The van der Waals surface area contributed by atoms with Crippen molar-refractivity contribution in [1.29, 1.82) is 0 Å². The number of rotatable bonds is 3. The van der Waals surface area contributed by atoms with Crippen LogP contribution in [0.1, 0.15) is 26.0 Å². The molecule has 5 nitrogen and oxygen atoms in total. The minimum absolute atomic E-state index is 0.179. The van der Waals surface area contributed by atoms with E-state index in [-0.39, 0.29) is 18.3 Å². The lowest BCUT2D eigenvalue weighted by Gasteiger charge is -2.14. The van der Waals surface area contributed by atoms with E-state index in [2.05, 4.69) is 10.3 Å². The highest BCUT2D eigenvalue weighted by Crippen LogP contribution is 2.25. The van der Waals surface area contributed by atoms with Crippen molar-refractivity contribution in [1.82, 2.24) is 10.3 Å². The van der Waals surface area contributed by atoms with Crippen molar-refractivity contribution < 1.29 is 14.3 Å². The summed E-state index contributed by atoms with van der Waals surface area (Å²) in [5.74, 6) is -0.536. The summed E-state index contributed by atoms with van der Waals surface area (Å²) in [5, 5.41) is 3.81. The molecule has 1 aromatic carbocycles. The highest BCUT2D eigenvalue weighted by molar-refractivity contribution is 5.88. The second-order valence-corrected chi connectivity index (χ2v) is 6.06. The number of carbonyl (C=O) groups is 2. The average molecular weight is 286 g/mol. The molecule has 1 atom stereocenters. The topological polar surface area (TPSA) is 71.2 Å². The number of hydrogen-bond acceptors (Lipinski definition) is 3. The van der Waals surface area contributed by atoms with Crippen LogP contribution in [0.15, 0.2) is 30.3 Å². The van der Waals surface area contributed by atoms with Crippen molar-refractivity contribution in [3.8, 4) is 0 Å². The number of aromatic amines is 1. The number of nitrogens with one attached hydrogen (secondary N) is 2. The first kappa shape index (κ1) is 13.7. The summed E-state index contributed by atoms with van der Waals surface area (Å²) >= 11 is 0. The van der Waals surface area contributed by atoms with Crippen LogP contribution in [0, 0.1) is 0 Å². The Morgan fingerprint density at radius 1 is 1.43 bits per heavy atom. The van der Waals surface area contributed by atoms with Gasteiger partial charge in [-0.1, -0.05) is 18.2 Å². The molecule has 0 bridgehead atoms. The number of cyclic esters (lactones) is 1. The van der Waals surface area contributed by atoms with Crippen LogP contribution in [0.5, 0.6) is 0 Å². The fourth-order valence-electron chi connectivity index (χ4n) is 2.72. The number of carbonyl (C=O) groups excluding carboxylic acids is 2.